The first-order chi connectivity index (χ1) is 18.1. The molecular weight excluding hydrogens is 468 g/mol. The summed E-state index contributed by atoms with van der Waals surface area (Å²) in [7, 11) is 3.22. The number of ether oxygens (including phenoxy) is 2. The molecule has 0 aliphatic rings. The lowest BCUT2D eigenvalue weighted by Gasteiger charge is -2.07. The number of aromatic nitrogens is 3. The second-order valence-corrected chi connectivity index (χ2v) is 8.30. The highest BCUT2D eigenvalue weighted by atomic mass is 16.5. The Bertz CT molecular complexity index is 1610. The van der Waals surface area contributed by atoms with Crippen LogP contribution in [0.15, 0.2) is 77.9 Å². The average Bonchev–Trinajstić information content (AvgIpc) is 3.20. The van der Waals surface area contributed by atoms with Gasteiger partial charge in [0.2, 0.25) is 0 Å². The molecule has 2 aromatic heterocycles. The third-order valence-electron chi connectivity index (χ3n) is 6.01. The van der Waals surface area contributed by atoms with Crippen molar-refractivity contribution in [2.45, 2.75) is 6.42 Å². The van der Waals surface area contributed by atoms with Crippen LogP contribution in [0, 0.1) is 0 Å². The fourth-order valence-electron chi connectivity index (χ4n) is 4.08. The minimum atomic E-state index is -0.341. The van der Waals surface area contributed by atoms with Crippen molar-refractivity contribution in [1.82, 2.24) is 20.0 Å². The third-order valence-corrected chi connectivity index (χ3v) is 6.01. The molecule has 0 fully saturated rings. The van der Waals surface area contributed by atoms with Gasteiger partial charge in [-0.25, -0.2) is 9.97 Å². The Morgan fingerprint density at radius 3 is 2.41 bits per heavy atom. The minimum absolute atomic E-state index is 0.151. The van der Waals surface area contributed by atoms with Crippen molar-refractivity contribution in [3.8, 4) is 11.5 Å². The van der Waals surface area contributed by atoms with Gasteiger partial charge in [0.15, 0.2) is 5.65 Å². The van der Waals surface area contributed by atoms with E-state index in [4.69, 9.17) is 25.2 Å². The molecule has 186 valence electrons. The van der Waals surface area contributed by atoms with E-state index < -0.39 is 0 Å². The quantitative estimate of drug-likeness (QED) is 0.315. The molecule has 0 aliphatic carbocycles. The molecule has 9 heteroatoms. The highest BCUT2D eigenvalue weighted by molar-refractivity contribution is 6.10. The van der Waals surface area contributed by atoms with Gasteiger partial charge in [-0.1, -0.05) is 36.4 Å². The van der Waals surface area contributed by atoms with E-state index in [0.29, 0.717) is 40.9 Å². The molecule has 0 saturated heterocycles. The van der Waals surface area contributed by atoms with Gasteiger partial charge in [0.1, 0.15) is 28.4 Å². The van der Waals surface area contributed by atoms with Crippen LogP contribution in [0.2, 0.25) is 0 Å². The fraction of sp³-hybridized carbons (Fsp3) is 0.143. The van der Waals surface area contributed by atoms with E-state index in [1.807, 2.05) is 72.8 Å². The topological polar surface area (TPSA) is 117 Å². The second kappa shape index (κ2) is 10.4. The number of benzene rings is 3. The average molecular weight is 495 g/mol. The fourth-order valence-corrected chi connectivity index (χ4v) is 4.08. The summed E-state index contributed by atoms with van der Waals surface area (Å²) in [5.74, 6) is 1.26. The number of nitrogen functional groups attached to an aromatic ring is 1. The molecule has 0 saturated carbocycles. The molecule has 3 aromatic carbocycles. The van der Waals surface area contributed by atoms with E-state index in [-0.39, 0.29) is 17.3 Å². The van der Waals surface area contributed by atoms with Crippen molar-refractivity contribution in [2.24, 2.45) is 5.10 Å². The SMILES string of the molecule is COc1ccc(CCNC(=O)c2c(N)n(/N=C\c3ccccc3OC)c3nc4ccccc4nc23)cc1. The molecule has 5 aromatic rings. The van der Waals surface area contributed by atoms with Crippen molar-refractivity contribution in [2.75, 3.05) is 26.5 Å². The van der Waals surface area contributed by atoms with Crippen LogP contribution in [0.4, 0.5) is 5.82 Å². The van der Waals surface area contributed by atoms with Crippen LogP contribution in [-0.2, 0) is 6.42 Å². The molecule has 0 radical (unpaired) electrons. The van der Waals surface area contributed by atoms with Crippen molar-refractivity contribution < 1.29 is 14.3 Å². The summed E-state index contributed by atoms with van der Waals surface area (Å²) in [6, 6.07) is 22.6. The van der Waals surface area contributed by atoms with E-state index in [1.54, 1.807) is 20.4 Å². The maximum Gasteiger partial charge on any atom is 0.257 e. The second-order valence-electron chi connectivity index (χ2n) is 8.30. The molecule has 1 amide bonds. The zero-order valence-electron chi connectivity index (χ0n) is 20.5. The first-order valence-electron chi connectivity index (χ1n) is 11.7. The minimum Gasteiger partial charge on any atom is -0.497 e. The lowest BCUT2D eigenvalue weighted by Crippen LogP contribution is -2.26. The number of amides is 1. The van der Waals surface area contributed by atoms with Crippen LogP contribution in [0.3, 0.4) is 0 Å². The molecule has 37 heavy (non-hydrogen) atoms. The predicted molar refractivity (Wildman–Crippen MR) is 144 cm³/mol. The Morgan fingerprint density at radius 1 is 0.973 bits per heavy atom. The number of hydrogen-bond donors (Lipinski definition) is 2. The van der Waals surface area contributed by atoms with Crippen LogP contribution < -0.4 is 20.5 Å². The summed E-state index contributed by atoms with van der Waals surface area (Å²) < 4.78 is 12.1. The molecule has 0 spiro atoms. The molecule has 5 rings (SSSR count). The molecule has 0 unspecified atom stereocenters. The van der Waals surface area contributed by atoms with Crippen molar-refractivity contribution in [1.29, 1.82) is 0 Å². The van der Waals surface area contributed by atoms with Gasteiger partial charge < -0.3 is 20.5 Å². The zero-order chi connectivity index (χ0) is 25.8. The lowest BCUT2D eigenvalue weighted by molar-refractivity contribution is 0.0956. The largest absolute Gasteiger partial charge is 0.497 e. The first-order valence-corrected chi connectivity index (χ1v) is 11.7. The number of fused-ring (bicyclic) bond motifs is 2. The van der Waals surface area contributed by atoms with Gasteiger partial charge in [0.25, 0.3) is 5.91 Å². The number of carbonyl (C=O) groups excluding carboxylic acids is 1. The number of carbonyl (C=O) groups is 1. The van der Waals surface area contributed by atoms with Gasteiger partial charge in [-0.05, 0) is 48.4 Å². The van der Waals surface area contributed by atoms with Crippen molar-refractivity contribution >= 4 is 40.1 Å². The third kappa shape index (κ3) is 4.79. The van der Waals surface area contributed by atoms with Crippen LogP contribution in [0.1, 0.15) is 21.5 Å². The summed E-state index contributed by atoms with van der Waals surface area (Å²) in [6.45, 7) is 0.419. The van der Waals surface area contributed by atoms with Crippen LogP contribution in [0.5, 0.6) is 11.5 Å². The summed E-state index contributed by atoms with van der Waals surface area (Å²) in [4.78, 5) is 22.8. The van der Waals surface area contributed by atoms with Crippen LogP contribution >= 0.6 is 0 Å². The van der Waals surface area contributed by atoms with Gasteiger partial charge in [0.05, 0.1) is 31.5 Å². The Morgan fingerprint density at radius 2 is 1.68 bits per heavy atom. The Balaban J connectivity index is 1.50. The van der Waals surface area contributed by atoms with Crippen LogP contribution in [0.25, 0.3) is 22.2 Å². The van der Waals surface area contributed by atoms with E-state index >= 15 is 0 Å². The van der Waals surface area contributed by atoms with E-state index in [9.17, 15) is 4.79 Å². The monoisotopic (exact) mass is 494 g/mol. The highest BCUT2D eigenvalue weighted by Gasteiger charge is 2.24. The normalized spacial score (nSPS) is 11.3. The Hall–Kier alpha value is -4.92. The molecule has 3 N–H and O–H groups in total. The zero-order valence-corrected chi connectivity index (χ0v) is 20.5. The highest BCUT2D eigenvalue weighted by Crippen LogP contribution is 2.28. The Labute approximate surface area is 213 Å². The smallest absolute Gasteiger partial charge is 0.257 e. The van der Waals surface area contributed by atoms with Gasteiger partial charge in [-0.2, -0.15) is 9.78 Å². The molecule has 2 heterocycles. The van der Waals surface area contributed by atoms with Gasteiger partial charge >= 0.3 is 0 Å². The number of para-hydroxylation sites is 3. The van der Waals surface area contributed by atoms with Crippen molar-refractivity contribution in [3.05, 3.63) is 89.5 Å². The van der Waals surface area contributed by atoms with Gasteiger partial charge in [-0.15, -0.1) is 0 Å². The van der Waals surface area contributed by atoms with E-state index in [2.05, 4.69) is 10.4 Å². The molecule has 0 aliphatic heterocycles. The maximum absolute atomic E-state index is 13.3. The van der Waals surface area contributed by atoms with Gasteiger partial charge in [-0.3, -0.25) is 4.79 Å². The van der Waals surface area contributed by atoms with Crippen molar-refractivity contribution in [3.63, 3.8) is 0 Å². The van der Waals surface area contributed by atoms with E-state index in [0.717, 1.165) is 16.9 Å². The number of nitrogens with zero attached hydrogens (tertiary/aromatic N) is 4. The number of rotatable bonds is 8. The summed E-state index contributed by atoms with van der Waals surface area (Å²) in [5, 5.41) is 7.52. The van der Waals surface area contributed by atoms with E-state index in [1.165, 1.54) is 4.68 Å². The summed E-state index contributed by atoms with van der Waals surface area (Å²) >= 11 is 0. The number of nitrogens with two attached hydrogens (primary N) is 1. The number of anilines is 1. The van der Waals surface area contributed by atoms with Crippen LogP contribution in [-0.4, -0.2) is 47.5 Å². The standard InChI is InChI=1S/C28H26N6O3/c1-36-20-13-11-18(12-14-20)15-16-30-28(35)24-25-27(33-22-9-5-4-8-21(22)32-25)34(26(24)29)31-17-19-7-3-6-10-23(19)37-2/h3-14,17H,15-16,29H2,1-2H3,(H,30,35)/b31-17-. The molecule has 0 bridgehead atoms. The first kappa shape index (κ1) is 23.8. The molecule has 9 nitrogen and oxygen atoms in total. The number of nitrogens with one attached hydrogen (secondary N) is 1. The number of hydrogen-bond acceptors (Lipinski definition) is 7. The predicted octanol–water partition coefficient (Wildman–Crippen LogP) is 4.04. The summed E-state index contributed by atoms with van der Waals surface area (Å²) in [5.41, 5.74) is 10.7. The molecule has 0 atom stereocenters. The van der Waals surface area contributed by atoms with Gasteiger partial charge in [0, 0.05) is 12.1 Å². The lowest BCUT2D eigenvalue weighted by atomic mass is 10.1. The summed E-state index contributed by atoms with van der Waals surface area (Å²) in [6.07, 6.45) is 2.27. The molecular formula is C28H26N6O3. The Kier molecular flexibility index (Phi) is 6.67. The maximum atomic E-state index is 13.3. The number of methoxy groups -OCH3 is 2.